The molecule has 0 atom stereocenters. The van der Waals surface area contributed by atoms with E-state index in [1.165, 1.54) is 0 Å². The molecular weight excluding hydrogens is 170 g/mol. The molecule has 0 aliphatic rings. The largest absolute Gasteiger partial charge is 0.356 e. The summed E-state index contributed by atoms with van der Waals surface area (Å²) in [6.45, 7) is 9.16. The minimum absolute atomic E-state index is 0.161. The molecule has 3 heteroatoms. The van der Waals surface area contributed by atoms with Crippen LogP contribution in [0, 0.1) is 0 Å². The fraction of sp³-hybridized carbons (Fsp3) is 0.889. The van der Waals surface area contributed by atoms with E-state index in [2.05, 4.69) is 26.1 Å². The van der Waals surface area contributed by atoms with Crippen molar-refractivity contribution in [3.05, 3.63) is 0 Å². The lowest BCUT2D eigenvalue weighted by atomic mass is 10.3. The number of amides is 1. The predicted octanol–water partition coefficient (Wildman–Crippen LogP) is 2.04. The standard InChI is InChI=1S/C9H19NOS/c1-5-10-8(11)6-7-12-9(2,3)4/h5-7H2,1-4H3,(H,10,11). The van der Waals surface area contributed by atoms with E-state index in [1.807, 2.05) is 18.7 Å². The average molecular weight is 189 g/mol. The van der Waals surface area contributed by atoms with Gasteiger partial charge in [0.1, 0.15) is 0 Å². The number of hydrogen-bond acceptors (Lipinski definition) is 2. The third-order valence-electron chi connectivity index (χ3n) is 1.24. The van der Waals surface area contributed by atoms with Crippen LogP contribution in [-0.2, 0) is 4.79 Å². The Bertz CT molecular complexity index is 140. The van der Waals surface area contributed by atoms with Crippen molar-refractivity contribution in [2.75, 3.05) is 12.3 Å². The molecule has 0 radical (unpaired) electrons. The van der Waals surface area contributed by atoms with Crippen LogP contribution in [0.5, 0.6) is 0 Å². The van der Waals surface area contributed by atoms with Crippen LogP contribution < -0.4 is 5.32 Å². The highest BCUT2D eigenvalue weighted by atomic mass is 32.2. The number of rotatable bonds is 4. The Morgan fingerprint density at radius 2 is 2.00 bits per heavy atom. The van der Waals surface area contributed by atoms with Gasteiger partial charge in [-0.25, -0.2) is 0 Å². The van der Waals surface area contributed by atoms with Crippen LogP contribution in [0.1, 0.15) is 34.1 Å². The SMILES string of the molecule is CCNC(=O)CCSC(C)(C)C. The third kappa shape index (κ3) is 7.92. The van der Waals surface area contributed by atoms with Crippen LogP contribution >= 0.6 is 11.8 Å². The Morgan fingerprint density at radius 3 is 2.42 bits per heavy atom. The number of nitrogens with one attached hydrogen (secondary N) is 1. The molecule has 0 aromatic heterocycles. The van der Waals surface area contributed by atoms with E-state index >= 15 is 0 Å². The molecule has 0 rings (SSSR count). The summed E-state index contributed by atoms with van der Waals surface area (Å²) < 4.78 is 0.270. The van der Waals surface area contributed by atoms with E-state index in [0.29, 0.717) is 6.42 Å². The summed E-state index contributed by atoms with van der Waals surface area (Å²) in [5, 5.41) is 2.78. The normalized spacial score (nSPS) is 11.3. The summed E-state index contributed by atoms with van der Waals surface area (Å²) in [4.78, 5) is 11.0. The molecule has 0 bridgehead atoms. The van der Waals surface area contributed by atoms with Gasteiger partial charge in [0, 0.05) is 23.5 Å². The Morgan fingerprint density at radius 1 is 1.42 bits per heavy atom. The van der Waals surface area contributed by atoms with E-state index < -0.39 is 0 Å². The van der Waals surface area contributed by atoms with Crippen LogP contribution in [-0.4, -0.2) is 23.0 Å². The Balaban J connectivity index is 3.37. The third-order valence-corrected chi connectivity index (χ3v) is 2.51. The van der Waals surface area contributed by atoms with Gasteiger partial charge in [0.25, 0.3) is 0 Å². The van der Waals surface area contributed by atoms with Crippen LogP contribution in [0.15, 0.2) is 0 Å². The monoisotopic (exact) mass is 189 g/mol. The summed E-state index contributed by atoms with van der Waals surface area (Å²) in [5.41, 5.74) is 0. The van der Waals surface area contributed by atoms with Gasteiger partial charge in [0.15, 0.2) is 0 Å². The van der Waals surface area contributed by atoms with Crippen LogP contribution in [0.3, 0.4) is 0 Å². The fourth-order valence-corrected chi connectivity index (χ4v) is 1.64. The lowest BCUT2D eigenvalue weighted by Crippen LogP contribution is -2.23. The van der Waals surface area contributed by atoms with Gasteiger partial charge in [-0.1, -0.05) is 20.8 Å². The molecule has 12 heavy (non-hydrogen) atoms. The van der Waals surface area contributed by atoms with Crippen LogP contribution in [0.2, 0.25) is 0 Å². The first kappa shape index (κ1) is 11.8. The Hall–Kier alpha value is -0.180. The van der Waals surface area contributed by atoms with Gasteiger partial charge in [-0.2, -0.15) is 11.8 Å². The molecule has 0 heterocycles. The number of carbonyl (C=O) groups excluding carboxylic acids is 1. The van der Waals surface area contributed by atoms with Gasteiger partial charge < -0.3 is 5.32 Å². The zero-order chi connectivity index (χ0) is 9.61. The second-order valence-electron chi connectivity index (χ2n) is 3.66. The number of carbonyl (C=O) groups is 1. The molecule has 0 saturated carbocycles. The van der Waals surface area contributed by atoms with Crippen molar-refractivity contribution in [1.82, 2.24) is 5.32 Å². The first-order valence-electron chi connectivity index (χ1n) is 4.36. The highest BCUT2D eigenvalue weighted by molar-refractivity contribution is 8.00. The lowest BCUT2D eigenvalue weighted by Gasteiger charge is -2.16. The van der Waals surface area contributed by atoms with E-state index in [1.54, 1.807) is 0 Å². The summed E-state index contributed by atoms with van der Waals surface area (Å²) >= 11 is 1.83. The molecule has 72 valence electrons. The fourth-order valence-electron chi connectivity index (χ4n) is 0.735. The van der Waals surface area contributed by atoms with Crippen molar-refractivity contribution in [2.45, 2.75) is 38.9 Å². The van der Waals surface area contributed by atoms with Gasteiger partial charge in [-0.15, -0.1) is 0 Å². The van der Waals surface area contributed by atoms with Crippen molar-refractivity contribution in [1.29, 1.82) is 0 Å². The average Bonchev–Trinajstić information content (AvgIpc) is 1.84. The molecule has 0 aliphatic heterocycles. The van der Waals surface area contributed by atoms with Crippen molar-refractivity contribution in [3.63, 3.8) is 0 Å². The highest BCUT2D eigenvalue weighted by Crippen LogP contribution is 2.23. The smallest absolute Gasteiger partial charge is 0.220 e. The minimum atomic E-state index is 0.161. The molecule has 2 nitrogen and oxygen atoms in total. The molecule has 0 aromatic carbocycles. The Kier molecular flexibility index (Phi) is 5.38. The second-order valence-corrected chi connectivity index (χ2v) is 5.59. The highest BCUT2D eigenvalue weighted by Gasteiger charge is 2.10. The van der Waals surface area contributed by atoms with Crippen LogP contribution in [0.25, 0.3) is 0 Å². The molecule has 0 aromatic rings. The maximum Gasteiger partial charge on any atom is 0.220 e. The molecule has 1 amide bonds. The van der Waals surface area contributed by atoms with E-state index in [9.17, 15) is 4.79 Å². The van der Waals surface area contributed by atoms with Gasteiger partial charge >= 0.3 is 0 Å². The maximum atomic E-state index is 11.0. The number of hydrogen-bond donors (Lipinski definition) is 1. The molecule has 0 saturated heterocycles. The molecule has 0 unspecified atom stereocenters. The first-order valence-corrected chi connectivity index (χ1v) is 5.35. The van der Waals surface area contributed by atoms with Gasteiger partial charge in [0.05, 0.1) is 0 Å². The molecule has 1 N–H and O–H groups in total. The molecule has 0 fully saturated rings. The summed E-state index contributed by atoms with van der Waals surface area (Å²) in [5.74, 6) is 1.07. The minimum Gasteiger partial charge on any atom is -0.356 e. The Labute approximate surface area is 79.5 Å². The molecule has 0 aliphatic carbocycles. The molecule has 0 spiro atoms. The second kappa shape index (κ2) is 5.46. The van der Waals surface area contributed by atoms with Crippen molar-refractivity contribution < 1.29 is 4.79 Å². The summed E-state index contributed by atoms with van der Waals surface area (Å²) in [6.07, 6.45) is 0.635. The van der Waals surface area contributed by atoms with Crippen molar-refractivity contribution in [3.8, 4) is 0 Å². The van der Waals surface area contributed by atoms with E-state index in [0.717, 1.165) is 12.3 Å². The zero-order valence-electron chi connectivity index (χ0n) is 8.44. The van der Waals surface area contributed by atoms with Gasteiger partial charge in [-0.3, -0.25) is 4.79 Å². The quantitative estimate of drug-likeness (QED) is 0.733. The lowest BCUT2D eigenvalue weighted by molar-refractivity contribution is -0.120. The van der Waals surface area contributed by atoms with E-state index in [4.69, 9.17) is 0 Å². The summed E-state index contributed by atoms with van der Waals surface area (Å²) in [6, 6.07) is 0. The molecular formula is C9H19NOS. The van der Waals surface area contributed by atoms with Gasteiger partial charge in [0.2, 0.25) is 5.91 Å². The van der Waals surface area contributed by atoms with Gasteiger partial charge in [-0.05, 0) is 6.92 Å². The zero-order valence-corrected chi connectivity index (χ0v) is 9.25. The van der Waals surface area contributed by atoms with Crippen molar-refractivity contribution in [2.24, 2.45) is 0 Å². The first-order chi connectivity index (χ1) is 5.45. The van der Waals surface area contributed by atoms with E-state index in [-0.39, 0.29) is 10.7 Å². The number of thioether (sulfide) groups is 1. The van der Waals surface area contributed by atoms with Crippen molar-refractivity contribution >= 4 is 17.7 Å². The topological polar surface area (TPSA) is 29.1 Å². The summed E-state index contributed by atoms with van der Waals surface area (Å²) in [7, 11) is 0. The predicted molar refractivity (Wildman–Crippen MR) is 55.5 cm³/mol. The van der Waals surface area contributed by atoms with Crippen LogP contribution in [0.4, 0.5) is 0 Å². The maximum absolute atomic E-state index is 11.0.